The number of carbonyl (C=O) groups is 1. The van der Waals surface area contributed by atoms with Gasteiger partial charge < -0.3 is 5.32 Å². The third-order valence-electron chi connectivity index (χ3n) is 5.58. The number of halogens is 4. The third-order valence-corrected chi connectivity index (χ3v) is 5.58. The Morgan fingerprint density at radius 2 is 1.72 bits per heavy atom. The lowest BCUT2D eigenvalue weighted by Crippen LogP contribution is -2.25. The summed E-state index contributed by atoms with van der Waals surface area (Å²) < 4.78 is 55.9. The summed E-state index contributed by atoms with van der Waals surface area (Å²) in [6.45, 7) is 1.67. The zero-order valence-electron chi connectivity index (χ0n) is 17.2. The summed E-state index contributed by atoms with van der Waals surface area (Å²) in [5, 5.41) is 2.72. The molecular weight excluding hydrogens is 424 g/mol. The molecule has 5 nitrogen and oxygen atoms in total. The molecule has 1 aliphatic carbocycles. The molecule has 2 aromatic heterocycles. The van der Waals surface area contributed by atoms with Crippen molar-refractivity contribution >= 4 is 11.6 Å². The van der Waals surface area contributed by atoms with Gasteiger partial charge in [0, 0.05) is 48.5 Å². The molecule has 32 heavy (non-hydrogen) atoms. The standard InChI is InChI=1S/C23H20F4N4O/c1-13-29-11-15(12-30-13)22(32)31-21-17(18-10-16(24)2-3-19(18)25)6-9-28-20(21)14-4-7-23(26,27)8-5-14/h2-3,6,9-12,14H,4-5,7-8H2,1H3,(H,31,32). The number of nitrogens with one attached hydrogen (secondary N) is 1. The first-order valence-electron chi connectivity index (χ1n) is 10.2. The Bertz CT molecular complexity index is 1140. The van der Waals surface area contributed by atoms with Crippen molar-refractivity contribution in [2.75, 3.05) is 5.32 Å². The van der Waals surface area contributed by atoms with Crippen LogP contribution in [0, 0.1) is 18.6 Å². The van der Waals surface area contributed by atoms with Crippen LogP contribution in [0.1, 0.15) is 53.5 Å². The summed E-state index contributed by atoms with van der Waals surface area (Å²) in [6, 6.07) is 4.46. The second-order valence-corrected chi connectivity index (χ2v) is 7.85. The van der Waals surface area contributed by atoms with E-state index in [0.29, 0.717) is 11.5 Å². The lowest BCUT2D eigenvalue weighted by molar-refractivity contribution is -0.0384. The molecule has 0 spiro atoms. The molecule has 0 bridgehead atoms. The maximum atomic E-state index is 14.6. The van der Waals surface area contributed by atoms with E-state index in [1.54, 1.807) is 6.92 Å². The van der Waals surface area contributed by atoms with Crippen LogP contribution >= 0.6 is 0 Å². The number of amides is 1. The van der Waals surface area contributed by atoms with Crippen molar-refractivity contribution in [2.45, 2.75) is 44.4 Å². The fraction of sp³-hybridized carbons (Fsp3) is 0.304. The van der Waals surface area contributed by atoms with Crippen molar-refractivity contribution in [2.24, 2.45) is 0 Å². The Hall–Kier alpha value is -3.36. The third kappa shape index (κ3) is 4.61. The molecule has 1 aliphatic rings. The minimum absolute atomic E-state index is 0.0646. The van der Waals surface area contributed by atoms with Gasteiger partial charge in [-0.05, 0) is 44.0 Å². The maximum Gasteiger partial charge on any atom is 0.258 e. The smallest absolute Gasteiger partial charge is 0.258 e. The maximum absolute atomic E-state index is 14.6. The second-order valence-electron chi connectivity index (χ2n) is 7.85. The van der Waals surface area contributed by atoms with Gasteiger partial charge in [0.15, 0.2) is 0 Å². The molecule has 0 saturated heterocycles. The van der Waals surface area contributed by atoms with Gasteiger partial charge in [-0.3, -0.25) is 9.78 Å². The number of aryl methyl sites for hydroxylation is 1. The van der Waals surface area contributed by atoms with Crippen molar-refractivity contribution in [3.8, 4) is 11.1 Å². The molecule has 1 aromatic carbocycles. The lowest BCUT2D eigenvalue weighted by atomic mass is 9.83. The van der Waals surface area contributed by atoms with E-state index < -0.39 is 23.5 Å². The van der Waals surface area contributed by atoms with Gasteiger partial charge in [0.1, 0.15) is 17.5 Å². The molecule has 1 N–H and O–H groups in total. The molecular formula is C23H20F4N4O. The monoisotopic (exact) mass is 444 g/mol. The fourth-order valence-corrected chi connectivity index (χ4v) is 3.86. The molecule has 1 saturated carbocycles. The number of alkyl halides is 2. The Kier molecular flexibility index (Phi) is 5.90. The average molecular weight is 444 g/mol. The highest BCUT2D eigenvalue weighted by molar-refractivity contribution is 6.06. The van der Waals surface area contributed by atoms with Gasteiger partial charge in [-0.25, -0.2) is 27.5 Å². The van der Waals surface area contributed by atoms with Crippen LogP contribution in [-0.2, 0) is 0 Å². The summed E-state index contributed by atoms with van der Waals surface area (Å²) in [7, 11) is 0. The van der Waals surface area contributed by atoms with Gasteiger partial charge in [0.05, 0.1) is 16.9 Å². The Balaban J connectivity index is 1.79. The van der Waals surface area contributed by atoms with E-state index in [9.17, 15) is 22.4 Å². The number of hydrogen-bond donors (Lipinski definition) is 1. The van der Waals surface area contributed by atoms with Crippen LogP contribution in [0.4, 0.5) is 23.2 Å². The van der Waals surface area contributed by atoms with Crippen molar-refractivity contribution in [1.82, 2.24) is 15.0 Å². The van der Waals surface area contributed by atoms with Crippen LogP contribution in [0.25, 0.3) is 11.1 Å². The van der Waals surface area contributed by atoms with Crippen LogP contribution in [0.15, 0.2) is 42.9 Å². The highest BCUT2D eigenvalue weighted by Gasteiger charge is 2.37. The number of rotatable bonds is 4. The van der Waals surface area contributed by atoms with Gasteiger partial charge in [-0.1, -0.05) is 0 Å². The predicted molar refractivity (Wildman–Crippen MR) is 110 cm³/mol. The normalized spacial score (nSPS) is 16.0. The number of hydrogen-bond acceptors (Lipinski definition) is 4. The molecule has 166 valence electrons. The van der Waals surface area contributed by atoms with Crippen molar-refractivity contribution in [1.29, 1.82) is 0 Å². The molecule has 1 amide bonds. The number of aromatic nitrogens is 3. The van der Waals surface area contributed by atoms with E-state index in [2.05, 4.69) is 20.3 Å². The summed E-state index contributed by atoms with van der Waals surface area (Å²) in [5.41, 5.74) is 0.836. The summed E-state index contributed by atoms with van der Waals surface area (Å²) in [5.74, 6) is -4.54. The van der Waals surface area contributed by atoms with E-state index in [4.69, 9.17) is 0 Å². The quantitative estimate of drug-likeness (QED) is 0.527. The number of carbonyl (C=O) groups excluding carboxylic acids is 1. The summed E-state index contributed by atoms with van der Waals surface area (Å²) >= 11 is 0. The van der Waals surface area contributed by atoms with Crippen LogP contribution < -0.4 is 5.32 Å². The van der Waals surface area contributed by atoms with Gasteiger partial charge >= 0.3 is 0 Å². The molecule has 9 heteroatoms. The molecule has 0 atom stereocenters. The lowest BCUT2D eigenvalue weighted by Gasteiger charge is -2.29. The van der Waals surface area contributed by atoms with Crippen LogP contribution in [0.3, 0.4) is 0 Å². The molecule has 0 aliphatic heterocycles. The van der Waals surface area contributed by atoms with Gasteiger partial charge in [0.25, 0.3) is 5.91 Å². The summed E-state index contributed by atoms with van der Waals surface area (Å²) in [4.78, 5) is 25.2. The zero-order valence-corrected chi connectivity index (χ0v) is 17.2. The van der Waals surface area contributed by atoms with Gasteiger partial charge in [-0.2, -0.15) is 0 Å². The van der Waals surface area contributed by atoms with Crippen molar-refractivity contribution in [3.63, 3.8) is 0 Å². The molecule has 0 unspecified atom stereocenters. The fourth-order valence-electron chi connectivity index (χ4n) is 3.86. The first-order valence-corrected chi connectivity index (χ1v) is 10.2. The van der Waals surface area contributed by atoms with E-state index in [0.717, 1.165) is 18.2 Å². The highest BCUT2D eigenvalue weighted by atomic mass is 19.3. The topological polar surface area (TPSA) is 67.8 Å². The van der Waals surface area contributed by atoms with E-state index in [1.807, 2.05) is 0 Å². The Morgan fingerprint density at radius 3 is 2.41 bits per heavy atom. The van der Waals surface area contributed by atoms with Crippen molar-refractivity contribution < 1.29 is 22.4 Å². The van der Waals surface area contributed by atoms with E-state index in [1.165, 1.54) is 24.7 Å². The molecule has 0 radical (unpaired) electrons. The second kappa shape index (κ2) is 8.64. The summed E-state index contributed by atoms with van der Waals surface area (Å²) in [6.07, 6.45) is 3.80. The number of anilines is 1. The number of nitrogens with zero attached hydrogens (tertiary/aromatic N) is 3. The average Bonchev–Trinajstić information content (AvgIpc) is 2.76. The van der Waals surface area contributed by atoms with E-state index in [-0.39, 0.29) is 54.0 Å². The van der Waals surface area contributed by atoms with Crippen LogP contribution in [0.5, 0.6) is 0 Å². The molecule has 1 fully saturated rings. The van der Waals surface area contributed by atoms with E-state index >= 15 is 0 Å². The Morgan fingerprint density at radius 1 is 1.03 bits per heavy atom. The number of benzene rings is 1. The largest absolute Gasteiger partial charge is 0.320 e. The Labute approximate surface area is 181 Å². The van der Waals surface area contributed by atoms with Crippen molar-refractivity contribution in [3.05, 3.63) is 71.6 Å². The zero-order chi connectivity index (χ0) is 22.9. The number of pyridine rings is 1. The first kappa shape index (κ1) is 21.9. The predicted octanol–water partition coefficient (Wildman–Crippen LogP) is 5.67. The molecule has 4 rings (SSSR count). The molecule has 2 heterocycles. The highest BCUT2D eigenvalue weighted by Crippen LogP contribution is 2.44. The minimum atomic E-state index is -2.74. The van der Waals surface area contributed by atoms with Gasteiger partial charge in [0.2, 0.25) is 5.92 Å². The minimum Gasteiger partial charge on any atom is -0.320 e. The molecule has 3 aromatic rings. The van der Waals surface area contributed by atoms with Gasteiger partial charge in [-0.15, -0.1) is 0 Å². The van der Waals surface area contributed by atoms with Crippen LogP contribution in [0.2, 0.25) is 0 Å². The SMILES string of the molecule is Cc1ncc(C(=O)Nc2c(-c3cc(F)ccc3F)ccnc2C2CCC(F)(F)CC2)cn1. The van der Waals surface area contributed by atoms with Crippen LogP contribution in [-0.4, -0.2) is 26.8 Å². The first-order chi connectivity index (χ1) is 15.2.